The number of Topliss-reactive ketones (excluding diaryl/α,β-unsaturated/α-hetero) is 1. The summed E-state index contributed by atoms with van der Waals surface area (Å²) in [5.74, 6) is 0.0643. The zero-order valence-electron chi connectivity index (χ0n) is 8.85. The quantitative estimate of drug-likeness (QED) is 0.696. The molecule has 0 N–H and O–H groups in total. The molecule has 1 aliphatic rings. The molecule has 1 unspecified atom stereocenters. The second-order valence-electron chi connectivity index (χ2n) is 3.86. The minimum Gasteiger partial charge on any atom is -0.378 e. The highest BCUT2D eigenvalue weighted by molar-refractivity contribution is 5.94. The molecule has 2 rings (SSSR count). The molecule has 82 valence electrons. The van der Waals surface area contributed by atoms with E-state index in [2.05, 4.69) is 10.3 Å². The van der Waals surface area contributed by atoms with Crippen molar-refractivity contribution in [3.05, 3.63) is 11.9 Å². The number of aromatic nitrogens is 3. The fourth-order valence-electron chi connectivity index (χ4n) is 1.82. The van der Waals surface area contributed by atoms with Gasteiger partial charge in [0.15, 0.2) is 5.78 Å². The van der Waals surface area contributed by atoms with Crippen LogP contribution in [0.2, 0.25) is 0 Å². The average molecular weight is 209 g/mol. The van der Waals surface area contributed by atoms with Crippen LogP contribution in [-0.4, -0.2) is 33.5 Å². The SMILES string of the molecule is Cn1nncc1C(=O)CC1CCCCO1. The second kappa shape index (κ2) is 4.53. The molecule has 0 aromatic carbocycles. The molecule has 0 saturated carbocycles. The Morgan fingerprint density at radius 1 is 1.67 bits per heavy atom. The first-order valence-electron chi connectivity index (χ1n) is 5.27. The van der Waals surface area contributed by atoms with Crippen LogP contribution in [0.15, 0.2) is 6.20 Å². The maximum Gasteiger partial charge on any atom is 0.185 e. The lowest BCUT2D eigenvalue weighted by Crippen LogP contribution is -2.23. The lowest BCUT2D eigenvalue weighted by Gasteiger charge is -2.21. The van der Waals surface area contributed by atoms with Crippen molar-refractivity contribution >= 4 is 5.78 Å². The molecule has 1 saturated heterocycles. The number of nitrogens with zero attached hydrogens (tertiary/aromatic N) is 3. The Morgan fingerprint density at radius 2 is 2.53 bits per heavy atom. The van der Waals surface area contributed by atoms with Crippen LogP contribution < -0.4 is 0 Å². The molecule has 5 heteroatoms. The number of carbonyl (C=O) groups is 1. The summed E-state index contributed by atoms with van der Waals surface area (Å²) in [7, 11) is 1.72. The number of rotatable bonds is 3. The van der Waals surface area contributed by atoms with Crippen molar-refractivity contribution in [2.45, 2.75) is 31.8 Å². The summed E-state index contributed by atoms with van der Waals surface area (Å²) >= 11 is 0. The monoisotopic (exact) mass is 209 g/mol. The molecule has 5 nitrogen and oxygen atoms in total. The van der Waals surface area contributed by atoms with Crippen LogP contribution in [0.1, 0.15) is 36.2 Å². The number of hydrogen-bond donors (Lipinski definition) is 0. The van der Waals surface area contributed by atoms with Crippen molar-refractivity contribution in [2.75, 3.05) is 6.61 Å². The summed E-state index contributed by atoms with van der Waals surface area (Å²) in [5, 5.41) is 7.42. The third-order valence-corrected chi connectivity index (χ3v) is 2.69. The molecule has 2 heterocycles. The van der Waals surface area contributed by atoms with Crippen LogP contribution in [0.4, 0.5) is 0 Å². The van der Waals surface area contributed by atoms with E-state index < -0.39 is 0 Å². The third-order valence-electron chi connectivity index (χ3n) is 2.69. The Balaban J connectivity index is 1.94. The van der Waals surface area contributed by atoms with E-state index >= 15 is 0 Å². The Hall–Kier alpha value is -1.23. The van der Waals surface area contributed by atoms with Gasteiger partial charge in [-0.25, -0.2) is 4.68 Å². The summed E-state index contributed by atoms with van der Waals surface area (Å²) in [6.45, 7) is 0.779. The number of ether oxygens (including phenoxy) is 1. The fraction of sp³-hybridized carbons (Fsp3) is 0.700. The van der Waals surface area contributed by atoms with Gasteiger partial charge < -0.3 is 4.74 Å². The topological polar surface area (TPSA) is 57.0 Å². The third kappa shape index (κ3) is 2.41. The average Bonchev–Trinajstić information content (AvgIpc) is 2.66. The Labute approximate surface area is 88.4 Å². The van der Waals surface area contributed by atoms with Crippen LogP contribution in [-0.2, 0) is 11.8 Å². The van der Waals surface area contributed by atoms with E-state index in [1.54, 1.807) is 7.05 Å². The van der Waals surface area contributed by atoms with Gasteiger partial charge in [0.1, 0.15) is 5.69 Å². The van der Waals surface area contributed by atoms with E-state index in [1.165, 1.54) is 10.9 Å². The van der Waals surface area contributed by atoms with Gasteiger partial charge >= 0.3 is 0 Å². The van der Waals surface area contributed by atoms with Crippen molar-refractivity contribution in [2.24, 2.45) is 7.05 Å². The van der Waals surface area contributed by atoms with Crippen LogP contribution in [0.3, 0.4) is 0 Å². The zero-order valence-corrected chi connectivity index (χ0v) is 8.85. The molecule has 1 aliphatic heterocycles. The van der Waals surface area contributed by atoms with Crippen molar-refractivity contribution in [1.82, 2.24) is 15.0 Å². The normalized spacial score (nSPS) is 21.5. The maximum absolute atomic E-state index is 11.8. The Kier molecular flexibility index (Phi) is 3.11. The van der Waals surface area contributed by atoms with Crippen LogP contribution in [0, 0.1) is 0 Å². The van der Waals surface area contributed by atoms with Gasteiger partial charge in [-0.3, -0.25) is 4.79 Å². The van der Waals surface area contributed by atoms with Gasteiger partial charge in [0.05, 0.1) is 12.3 Å². The number of aryl methyl sites for hydroxylation is 1. The van der Waals surface area contributed by atoms with E-state index in [9.17, 15) is 4.79 Å². The highest BCUT2D eigenvalue weighted by Gasteiger charge is 2.20. The molecule has 1 aromatic rings. The minimum atomic E-state index is 0.0643. The van der Waals surface area contributed by atoms with E-state index in [1.807, 2.05) is 0 Å². The van der Waals surface area contributed by atoms with Crippen molar-refractivity contribution in [3.63, 3.8) is 0 Å². The number of carbonyl (C=O) groups excluding carboxylic acids is 1. The summed E-state index contributed by atoms with van der Waals surface area (Å²) in [4.78, 5) is 11.8. The van der Waals surface area contributed by atoms with Crippen molar-refractivity contribution < 1.29 is 9.53 Å². The van der Waals surface area contributed by atoms with Gasteiger partial charge in [-0.15, -0.1) is 5.10 Å². The standard InChI is InChI=1S/C10H15N3O2/c1-13-9(7-11-12-13)10(14)6-8-4-2-3-5-15-8/h7-8H,2-6H2,1H3. The van der Waals surface area contributed by atoms with Crippen molar-refractivity contribution in [3.8, 4) is 0 Å². The van der Waals surface area contributed by atoms with Gasteiger partial charge in [-0.1, -0.05) is 5.21 Å². The molecule has 0 aliphatic carbocycles. The van der Waals surface area contributed by atoms with E-state index in [4.69, 9.17) is 4.74 Å². The molecule has 1 atom stereocenters. The number of hydrogen-bond acceptors (Lipinski definition) is 4. The van der Waals surface area contributed by atoms with E-state index in [0.29, 0.717) is 12.1 Å². The smallest absolute Gasteiger partial charge is 0.185 e. The van der Waals surface area contributed by atoms with Gasteiger partial charge in [0.25, 0.3) is 0 Å². The zero-order chi connectivity index (χ0) is 10.7. The fourth-order valence-corrected chi connectivity index (χ4v) is 1.82. The molecule has 0 bridgehead atoms. The Morgan fingerprint density at radius 3 is 3.13 bits per heavy atom. The summed E-state index contributed by atoms with van der Waals surface area (Å²) in [6.07, 6.45) is 5.28. The van der Waals surface area contributed by atoms with Crippen LogP contribution in [0.5, 0.6) is 0 Å². The summed E-state index contributed by atoms with van der Waals surface area (Å²) < 4.78 is 7.02. The minimum absolute atomic E-state index is 0.0643. The molecule has 1 fully saturated rings. The predicted molar refractivity (Wildman–Crippen MR) is 53.5 cm³/mol. The largest absolute Gasteiger partial charge is 0.378 e. The molecule has 1 aromatic heterocycles. The van der Waals surface area contributed by atoms with Crippen molar-refractivity contribution in [1.29, 1.82) is 0 Å². The molecule has 15 heavy (non-hydrogen) atoms. The summed E-state index contributed by atoms with van der Waals surface area (Å²) in [6, 6.07) is 0. The first kappa shape index (κ1) is 10.3. The summed E-state index contributed by atoms with van der Waals surface area (Å²) in [5.41, 5.74) is 0.559. The first-order valence-corrected chi connectivity index (χ1v) is 5.27. The molecular weight excluding hydrogens is 194 g/mol. The van der Waals surface area contributed by atoms with Crippen LogP contribution in [0.25, 0.3) is 0 Å². The molecule has 0 amide bonds. The van der Waals surface area contributed by atoms with Gasteiger partial charge in [0.2, 0.25) is 0 Å². The number of ketones is 1. The molecular formula is C10H15N3O2. The molecule has 0 radical (unpaired) electrons. The van der Waals surface area contributed by atoms with Gasteiger partial charge in [-0.2, -0.15) is 0 Å². The van der Waals surface area contributed by atoms with Crippen LogP contribution >= 0.6 is 0 Å². The van der Waals surface area contributed by atoms with Gasteiger partial charge in [0, 0.05) is 20.1 Å². The van der Waals surface area contributed by atoms with Gasteiger partial charge in [-0.05, 0) is 19.3 Å². The lowest BCUT2D eigenvalue weighted by molar-refractivity contribution is 0.0127. The highest BCUT2D eigenvalue weighted by Crippen LogP contribution is 2.17. The second-order valence-corrected chi connectivity index (χ2v) is 3.86. The predicted octanol–water partition coefficient (Wildman–Crippen LogP) is 0.957. The Bertz CT molecular complexity index is 342. The van der Waals surface area contributed by atoms with E-state index in [-0.39, 0.29) is 11.9 Å². The first-order chi connectivity index (χ1) is 7.27. The van der Waals surface area contributed by atoms with E-state index in [0.717, 1.165) is 25.9 Å². The lowest BCUT2D eigenvalue weighted by atomic mass is 10.0. The molecule has 0 spiro atoms. The highest BCUT2D eigenvalue weighted by atomic mass is 16.5. The maximum atomic E-state index is 11.8.